The molecule has 0 nitrogen and oxygen atoms in total. The molecule has 0 saturated heterocycles. The molecule has 0 aliphatic heterocycles. The second-order valence-electron chi connectivity index (χ2n) is 6.48. The molecule has 0 fully saturated rings. The van der Waals surface area contributed by atoms with Gasteiger partial charge in [-0.05, 0) is 23.7 Å². The van der Waals surface area contributed by atoms with Crippen LogP contribution in [0.3, 0.4) is 0 Å². The van der Waals surface area contributed by atoms with E-state index >= 15 is 0 Å². The smallest absolute Gasteiger partial charge is 0.0380 e. The van der Waals surface area contributed by atoms with Gasteiger partial charge in [0.1, 0.15) is 0 Å². The van der Waals surface area contributed by atoms with Crippen LogP contribution in [0.1, 0.15) is 80.1 Å². The molecule has 0 N–H and O–H groups in total. The Morgan fingerprint density at radius 3 is 1.93 bits per heavy atom. The molecule has 0 aromatic rings. The number of hydrogen-bond acceptors (Lipinski definition) is 0. The Labute approximate surface area is 97.8 Å². The molecule has 0 heteroatoms. The summed E-state index contributed by atoms with van der Waals surface area (Å²) in [6, 6.07) is 0. The van der Waals surface area contributed by atoms with Gasteiger partial charge in [0.05, 0.1) is 0 Å². The quantitative estimate of drug-likeness (QED) is 0.510. The van der Waals surface area contributed by atoms with Crippen molar-refractivity contribution in [1.29, 1.82) is 0 Å². The molecule has 0 amide bonds. The van der Waals surface area contributed by atoms with Crippen molar-refractivity contribution in [3.8, 4) is 0 Å². The van der Waals surface area contributed by atoms with Crippen LogP contribution in [-0.4, -0.2) is 0 Å². The summed E-state index contributed by atoms with van der Waals surface area (Å²) < 4.78 is 0. The lowest BCUT2D eigenvalue weighted by molar-refractivity contribution is 0.267. The Kier molecular flexibility index (Phi) is 7.30. The second-order valence-corrected chi connectivity index (χ2v) is 6.48. The largest absolute Gasteiger partial charge is 0.0651 e. The van der Waals surface area contributed by atoms with E-state index in [0.29, 0.717) is 5.41 Å². The topological polar surface area (TPSA) is 0 Å². The predicted molar refractivity (Wildman–Crippen MR) is 71.2 cm³/mol. The summed E-state index contributed by atoms with van der Waals surface area (Å²) in [5.41, 5.74) is 0.511. The van der Waals surface area contributed by atoms with Gasteiger partial charge in [-0.25, -0.2) is 0 Å². The van der Waals surface area contributed by atoms with Crippen molar-refractivity contribution in [2.75, 3.05) is 0 Å². The van der Waals surface area contributed by atoms with E-state index in [1.807, 2.05) is 0 Å². The average molecular weight is 212 g/mol. The lowest BCUT2D eigenvalue weighted by Gasteiger charge is -2.25. The van der Waals surface area contributed by atoms with Gasteiger partial charge in [-0.1, -0.05) is 73.6 Å². The zero-order valence-electron chi connectivity index (χ0n) is 11.9. The summed E-state index contributed by atoms with van der Waals surface area (Å²) in [5.74, 6) is 1.88. The maximum Gasteiger partial charge on any atom is -0.0380 e. The minimum absolute atomic E-state index is 0.511. The first-order valence-corrected chi connectivity index (χ1v) is 6.89. The summed E-state index contributed by atoms with van der Waals surface area (Å²) >= 11 is 0. The molecule has 2 atom stereocenters. The van der Waals surface area contributed by atoms with Gasteiger partial charge in [-0.3, -0.25) is 0 Å². The van der Waals surface area contributed by atoms with Gasteiger partial charge < -0.3 is 0 Å². The maximum atomic E-state index is 2.38. The van der Waals surface area contributed by atoms with Gasteiger partial charge in [0, 0.05) is 0 Å². The van der Waals surface area contributed by atoms with Gasteiger partial charge in [0.2, 0.25) is 0 Å². The second kappa shape index (κ2) is 7.30. The predicted octanol–water partition coefficient (Wildman–Crippen LogP) is 5.67. The van der Waals surface area contributed by atoms with E-state index in [-0.39, 0.29) is 0 Å². The summed E-state index contributed by atoms with van der Waals surface area (Å²) in [5, 5.41) is 0. The van der Waals surface area contributed by atoms with E-state index in [1.165, 1.54) is 38.5 Å². The Balaban J connectivity index is 3.71. The van der Waals surface area contributed by atoms with Crippen molar-refractivity contribution >= 4 is 0 Å². The zero-order valence-corrected chi connectivity index (χ0v) is 11.9. The minimum Gasteiger partial charge on any atom is -0.0651 e. The van der Waals surface area contributed by atoms with Gasteiger partial charge in [0.25, 0.3) is 0 Å². The molecular weight excluding hydrogens is 180 g/mol. The molecule has 0 aliphatic rings. The SMILES string of the molecule is CCC(C)CCCC(CC)CC(C)(C)C. The van der Waals surface area contributed by atoms with Crippen molar-refractivity contribution in [2.45, 2.75) is 80.1 Å². The van der Waals surface area contributed by atoms with Crippen LogP contribution in [0, 0.1) is 17.3 Å². The van der Waals surface area contributed by atoms with E-state index in [9.17, 15) is 0 Å². The normalized spacial score (nSPS) is 16.4. The first kappa shape index (κ1) is 15.0. The van der Waals surface area contributed by atoms with Crippen LogP contribution in [0.4, 0.5) is 0 Å². The van der Waals surface area contributed by atoms with Crippen LogP contribution in [0.2, 0.25) is 0 Å². The Hall–Kier alpha value is 0. The van der Waals surface area contributed by atoms with Crippen molar-refractivity contribution in [3.63, 3.8) is 0 Å². The van der Waals surface area contributed by atoms with E-state index in [0.717, 1.165) is 11.8 Å². The maximum absolute atomic E-state index is 2.38. The monoisotopic (exact) mass is 212 g/mol. The van der Waals surface area contributed by atoms with Crippen LogP contribution < -0.4 is 0 Å². The molecule has 0 radical (unpaired) electrons. The third-order valence-corrected chi connectivity index (χ3v) is 3.48. The molecule has 2 unspecified atom stereocenters. The highest BCUT2D eigenvalue weighted by Gasteiger charge is 2.17. The van der Waals surface area contributed by atoms with Gasteiger partial charge in [-0.15, -0.1) is 0 Å². The van der Waals surface area contributed by atoms with E-state index in [4.69, 9.17) is 0 Å². The fraction of sp³-hybridized carbons (Fsp3) is 1.00. The van der Waals surface area contributed by atoms with E-state index < -0.39 is 0 Å². The van der Waals surface area contributed by atoms with Gasteiger partial charge in [-0.2, -0.15) is 0 Å². The highest BCUT2D eigenvalue weighted by atomic mass is 14.2. The standard InChI is InChI=1S/C15H32/c1-7-13(3)10-9-11-14(8-2)12-15(4,5)6/h13-14H,7-12H2,1-6H3. The molecule has 0 aliphatic carbocycles. The molecule has 15 heavy (non-hydrogen) atoms. The van der Waals surface area contributed by atoms with E-state index in [1.54, 1.807) is 0 Å². The summed E-state index contributed by atoms with van der Waals surface area (Å²) in [7, 11) is 0. The molecule has 0 heterocycles. The fourth-order valence-corrected chi connectivity index (χ4v) is 2.28. The molecule has 92 valence electrons. The molecular formula is C15H32. The van der Waals surface area contributed by atoms with Gasteiger partial charge in [0.15, 0.2) is 0 Å². The summed E-state index contributed by atoms with van der Waals surface area (Å²) in [6.07, 6.45) is 8.40. The molecule has 0 spiro atoms. The molecule has 0 aromatic carbocycles. The van der Waals surface area contributed by atoms with Crippen LogP contribution in [-0.2, 0) is 0 Å². The minimum atomic E-state index is 0.511. The Morgan fingerprint density at radius 2 is 1.53 bits per heavy atom. The Bertz CT molecular complexity index is 141. The van der Waals surface area contributed by atoms with Crippen LogP contribution in [0.25, 0.3) is 0 Å². The lowest BCUT2D eigenvalue weighted by Crippen LogP contribution is -2.13. The highest BCUT2D eigenvalue weighted by molar-refractivity contribution is 4.69. The summed E-state index contributed by atoms with van der Waals surface area (Å²) in [4.78, 5) is 0. The van der Waals surface area contributed by atoms with Crippen LogP contribution in [0.5, 0.6) is 0 Å². The third kappa shape index (κ3) is 8.96. The van der Waals surface area contributed by atoms with Crippen molar-refractivity contribution in [1.82, 2.24) is 0 Å². The first-order chi connectivity index (χ1) is 6.89. The fourth-order valence-electron chi connectivity index (χ4n) is 2.28. The van der Waals surface area contributed by atoms with Crippen molar-refractivity contribution < 1.29 is 0 Å². The molecule has 0 aromatic heterocycles. The highest BCUT2D eigenvalue weighted by Crippen LogP contribution is 2.29. The third-order valence-electron chi connectivity index (χ3n) is 3.48. The number of rotatable bonds is 7. The molecule has 0 bridgehead atoms. The average Bonchev–Trinajstić information content (AvgIpc) is 2.14. The Morgan fingerprint density at radius 1 is 0.933 bits per heavy atom. The lowest BCUT2D eigenvalue weighted by atomic mass is 9.81. The molecule has 0 rings (SSSR count). The molecule has 0 saturated carbocycles. The van der Waals surface area contributed by atoms with E-state index in [2.05, 4.69) is 41.5 Å². The van der Waals surface area contributed by atoms with Gasteiger partial charge >= 0.3 is 0 Å². The first-order valence-electron chi connectivity index (χ1n) is 6.89. The van der Waals surface area contributed by atoms with Crippen molar-refractivity contribution in [2.24, 2.45) is 17.3 Å². The number of hydrogen-bond donors (Lipinski definition) is 0. The summed E-state index contributed by atoms with van der Waals surface area (Å²) in [6.45, 7) is 14.1. The van der Waals surface area contributed by atoms with Crippen molar-refractivity contribution in [3.05, 3.63) is 0 Å². The zero-order chi connectivity index (χ0) is 11.9. The van der Waals surface area contributed by atoms with Crippen LogP contribution >= 0.6 is 0 Å². The van der Waals surface area contributed by atoms with Crippen LogP contribution in [0.15, 0.2) is 0 Å².